The van der Waals surface area contributed by atoms with Crippen molar-refractivity contribution in [3.8, 4) is 0 Å². The number of carbonyl (C=O) groups is 3. The van der Waals surface area contributed by atoms with E-state index >= 15 is 0 Å². The molecule has 0 aromatic rings. The first kappa shape index (κ1) is 18.5. The second kappa shape index (κ2) is 11.0. The zero-order chi connectivity index (χ0) is 16.2. The molecule has 0 heterocycles. The Morgan fingerprint density at radius 1 is 0.955 bits per heavy atom. The molecule has 2 amide bonds. The second-order valence-electron chi connectivity index (χ2n) is 5.69. The zero-order valence-corrected chi connectivity index (χ0v) is 13.5. The standard InChI is InChI=1S/C16H28N2O4/c1-2-22-16(21)12-17-14(19)10-11-15(20)18-13-8-6-4-3-5-7-9-13/h13H,2-12H2,1H3,(H,17,19)(H,18,20). The first-order valence-corrected chi connectivity index (χ1v) is 8.33. The molecule has 0 atom stereocenters. The van der Waals surface area contributed by atoms with Crippen molar-refractivity contribution in [2.24, 2.45) is 0 Å². The summed E-state index contributed by atoms with van der Waals surface area (Å²) < 4.78 is 4.71. The molecule has 0 bridgehead atoms. The zero-order valence-electron chi connectivity index (χ0n) is 13.5. The molecule has 2 N–H and O–H groups in total. The summed E-state index contributed by atoms with van der Waals surface area (Å²) in [6.45, 7) is 1.86. The minimum absolute atomic E-state index is 0.0862. The molecule has 1 aliphatic rings. The molecule has 0 radical (unpaired) electrons. The van der Waals surface area contributed by atoms with Crippen LogP contribution in [0.4, 0.5) is 0 Å². The van der Waals surface area contributed by atoms with E-state index in [2.05, 4.69) is 10.6 Å². The molecule has 1 aliphatic carbocycles. The third-order valence-corrected chi connectivity index (χ3v) is 3.78. The molecule has 126 valence electrons. The van der Waals surface area contributed by atoms with Crippen LogP contribution in [0, 0.1) is 0 Å². The highest BCUT2D eigenvalue weighted by Gasteiger charge is 2.15. The highest BCUT2D eigenvalue weighted by atomic mass is 16.5. The Morgan fingerprint density at radius 2 is 1.55 bits per heavy atom. The van der Waals surface area contributed by atoms with E-state index in [0.29, 0.717) is 6.61 Å². The van der Waals surface area contributed by atoms with Gasteiger partial charge in [-0.15, -0.1) is 0 Å². The summed E-state index contributed by atoms with van der Waals surface area (Å²) in [5.74, 6) is -0.854. The molecule has 0 spiro atoms. The molecule has 6 heteroatoms. The molecule has 0 unspecified atom stereocenters. The smallest absolute Gasteiger partial charge is 0.325 e. The third-order valence-electron chi connectivity index (χ3n) is 3.78. The fourth-order valence-corrected chi connectivity index (χ4v) is 2.60. The molecule has 0 saturated heterocycles. The van der Waals surface area contributed by atoms with Gasteiger partial charge in [0.05, 0.1) is 6.61 Å². The van der Waals surface area contributed by atoms with Crippen molar-refractivity contribution in [2.45, 2.75) is 70.8 Å². The maximum Gasteiger partial charge on any atom is 0.325 e. The average Bonchev–Trinajstić information content (AvgIpc) is 2.46. The first-order chi connectivity index (χ1) is 10.6. The summed E-state index contributed by atoms with van der Waals surface area (Å²) in [6, 6.07) is 0.246. The number of amides is 2. The van der Waals surface area contributed by atoms with E-state index in [1.807, 2.05) is 0 Å². The highest BCUT2D eigenvalue weighted by molar-refractivity contribution is 5.86. The van der Waals surface area contributed by atoms with Crippen LogP contribution < -0.4 is 10.6 Å². The van der Waals surface area contributed by atoms with Gasteiger partial charge in [0.2, 0.25) is 11.8 Å². The molecule has 1 rings (SSSR count). The van der Waals surface area contributed by atoms with E-state index in [4.69, 9.17) is 4.74 Å². The molecule has 0 aromatic heterocycles. The van der Waals surface area contributed by atoms with Gasteiger partial charge in [0, 0.05) is 18.9 Å². The summed E-state index contributed by atoms with van der Waals surface area (Å²) in [5.41, 5.74) is 0. The fourth-order valence-electron chi connectivity index (χ4n) is 2.60. The van der Waals surface area contributed by atoms with E-state index in [-0.39, 0.29) is 37.2 Å². The summed E-state index contributed by atoms with van der Waals surface area (Å²) in [5, 5.41) is 5.47. The van der Waals surface area contributed by atoms with Crippen LogP contribution in [0.5, 0.6) is 0 Å². The molecule has 0 aliphatic heterocycles. The summed E-state index contributed by atoms with van der Waals surface area (Å²) in [4.78, 5) is 34.5. The van der Waals surface area contributed by atoms with E-state index < -0.39 is 5.97 Å². The lowest BCUT2D eigenvalue weighted by Gasteiger charge is -2.21. The second-order valence-corrected chi connectivity index (χ2v) is 5.69. The van der Waals surface area contributed by atoms with Gasteiger partial charge >= 0.3 is 5.97 Å². The molecule has 22 heavy (non-hydrogen) atoms. The van der Waals surface area contributed by atoms with E-state index in [1.54, 1.807) is 6.92 Å². The molecule has 6 nitrogen and oxygen atoms in total. The van der Waals surface area contributed by atoms with Gasteiger partial charge in [-0.2, -0.15) is 0 Å². The quantitative estimate of drug-likeness (QED) is 0.700. The Morgan fingerprint density at radius 3 is 2.18 bits per heavy atom. The maximum atomic E-state index is 11.9. The number of hydrogen-bond acceptors (Lipinski definition) is 4. The van der Waals surface area contributed by atoms with E-state index in [0.717, 1.165) is 25.7 Å². The third kappa shape index (κ3) is 8.64. The molecule has 1 fully saturated rings. The van der Waals surface area contributed by atoms with Crippen molar-refractivity contribution in [1.82, 2.24) is 10.6 Å². The lowest BCUT2D eigenvalue weighted by molar-refractivity contribution is -0.143. The predicted molar refractivity (Wildman–Crippen MR) is 83.1 cm³/mol. The van der Waals surface area contributed by atoms with Crippen molar-refractivity contribution >= 4 is 17.8 Å². The number of ether oxygens (including phenoxy) is 1. The number of nitrogens with one attached hydrogen (secondary N) is 2. The summed E-state index contributed by atoms with van der Waals surface area (Å²) in [7, 11) is 0. The maximum absolute atomic E-state index is 11.9. The number of carbonyl (C=O) groups excluding carboxylic acids is 3. The topological polar surface area (TPSA) is 84.5 Å². The van der Waals surface area contributed by atoms with Gasteiger partial charge in [-0.3, -0.25) is 14.4 Å². The van der Waals surface area contributed by atoms with E-state index in [9.17, 15) is 14.4 Å². The van der Waals surface area contributed by atoms with Gasteiger partial charge in [-0.25, -0.2) is 0 Å². The van der Waals surface area contributed by atoms with Crippen LogP contribution in [-0.4, -0.2) is 37.0 Å². The fraction of sp³-hybridized carbons (Fsp3) is 0.812. The SMILES string of the molecule is CCOC(=O)CNC(=O)CCC(=O)NC1CCCCCCC1. The Balaban J connectivity index is 2.15. The van der Waals surface area contributed by atoms with Crippen LogP contribution in [0.2, 0.25) is 0 Å². The van der Waals surface area contributed by atoms with Gasteiger partial charge in [-0.05, 0) is 19.8 Å². The molecule has 1 saturated carbocycles. The largest absolute Gasteiger partial charge is 0.465 e. The van der Waals surface area contributed by atoms with Gasteiger partial charge in [0.25, 0.3) is 0 Å². The van der Waals surface area contributed by atoms with Gasteiger partial charge in [0.1, 0.15) is 6.54 Å². The van der Waals surface area contributed by atoms with Crippen LogP contribution in [0.25, 0.3) is 0 Å². The van der Waals surface area contributed by atoms with Crippen LogP contribution in [0.15, 0.2) is 0 Å². The average molecular weight is 312 g/mol. The van der Waals surface area contributed by atoms with Crippen molar-refractivity contribution in [1.29, 1.82) is 0 Å². The molecular formula is C16H28N2O4. The predicted octanol–water partition coefficient (Wildman–Crippen LogP) is 1.67. The Labute approximate surface area is 132 Å². The van der Waals surface area contributed by atoms with Crippen molar-refractivity contribution in [3.63, 3.8) is 0 Å². The molecule has 0 aromatic carbocycles. The Bertz CT molecular complexity index is 363. The lowest BCUT2D eigenvalue weighted by atomic mass is 9.96. The monoisotopic (exact) mass is 312 g/mol. The number of hydrogen-bond donors (Lipinski definition) is 2. The lowest BCUT2D eigenvalue weighted by Crippen LogP contribution is -2.36. The Kier molecular flexibility index (Phi) is 9.26. The van der Waals surface area contributed by atoms with Gasteiger partial charge < -0.3 is 15.4 Å². The number of esters is 1. The van der Waals surface area contributed by atoms with Crippen molar-refractivity contribution < 1.29 is 19.1 Å². The molecular weight excluding hydrogens is 284 g/mol. The number of rotatable bonds is 7. The van der Waals surface area contributed by atoms with Gasteiger partial charge in [0.15, 0.2) is 0 Å². The normalized spacial score (nSPS) is 16.2. The van der Waals surface area contributed by atoms with Crippen LogP contribution >= 0.6 is 0 Å². The summed E-state index contributed by atoms with van der Waals surface area (Å²) >= 11 is 0. The summed E-state index contributed by atoms with van der Waals surface area (Å²) in [6.07, 6.45) is 8.40. The highest BCUT2D eigenvalue weighted by Crippen LogP contribution is 2.17. The minimum Gasteiger partial charge on any atom is -0.465 e. The Hall–Kier alpha value is -1.59. The minimum atomic E-state index is -0.463. The van der Waals surface area contributed by atoms with E-state index in [1.165, 1.54) is 19.3 Å². The van der Waals surface area contributed by atoms with Crippen LogP contribution in [0.3, 0.4) is 0 Å². The van der Waals surface area contributed by atoms with Gasteiger partial charge in [-0.1, -0.05) is 32.1 Å². The van der Waals surface area contributed by atoms with Crippen LogP contribution in [0.1, 0.15) is 64.7 Å². The van der Waals surface area contributed by atoms with Crippen molar-refractivity contribution in [3.05, 3.63) is 0 Å². The first-order valence-electron chi connectivity index (χ1n) is 8.33. The van der Waals surface area contributed by atoms with Crippen molar-refractivity contribution in [2.75, 3.05) is 13.2 Å². The van der Waals surface area contributed by atoms with Crippen LogP contribution in [-0.2, 0) is 19.1 Å².